The van der Waals surface area contributed by atoms with Crippen LogP contribution < -0.4 is 0 Å². The van der Waals surface area contributed by atoms with Crippen molar-refractivity contribution in [1.29, 1.82) is 0 Å². The molecule has 0 saturated heterocycles. The van der Waals surface area contributed by atoms with Gasteiger partial charge in [-0.25, -0.2) is 0 Å². The van der Waals surface area contributed by atoms with Crippen molar-refractivity contribution in [1.82, 2.24) is 4.57 Å². The van der Waals surface area contributed by atoms with Crippen LogP contribution in [0.4, 0.5) is 0 Å². The van der Waals surface area contributed by atoms with Gasteiger partial charge in [-0.3, -0.25) is 4.79 Å². The summed E-state index contributed by atoms with van der Waals surface area (Å²) in [6.07, 6.45) is 3.56. The molecule has 1 aromatic carbocycles. The third-order valence-corrected chi connectivity index (χ3v) is 2.77. The number of carbonyl (C=O) groups excluding carboxylic acids is 1. The Hall–Kier alpha value is -2.09. The summed E-state index contributed by atoms with van der Waals surface area (Å²) in [6.45, 7) is 1.95. The van der Waals surface area contributed by atoms with Crippen LogP contribution in [0.15, 0.2) is 54.7 Å². The largest absolute Gasteiger partial charge is 0.348 e. The predicted octanol–water partition coefficient (Wildman–Crippen LogP) is 3.31. The first-order valence-corrected chi connectivity index (χ1v) is 5.58. The summed E-state index contributed by atoms with van der Waals surface area (Å²) < 4.78 is 1.83. The number of benzene rings is 1. The molecule has 2 aromatic rings. The van der Waals surface area contributed by atoms with Crippen molar-refractivity contribution in [2.45, 2.75) is 6.92 Å². The highest BCUT2D eigenvalue weighted by Crippen LogP contribution is 2.14. The van der Waals surface area contributed by atoms with E-state index in [0.29, 0.717) is 5.69 Å². The lowest BCUT2D eigenvalue weighted by Crippen LogP contribution is -2.02. The zero-order valence-corrected chi connectivity index (χ0v) is 10.1. The van der Waals surface area contributed by atoms with Crippen molar-refractivity contribution < 1.29 is 4.79 Å². The number of carbonyl (C=O) groups is 1. The van der Waals surface area contributed by atoms with Gasteiger partial charge >= 0.3 is 0 Å². The average molecular weight is 225 g/mol. The van der Waals surface area contributed by atoms with Gasteiger partial charge in [0.05, 0.1) is 5.69 Å². The molecule has 2 nitrogen and oxygen atoms in total. The second-order valence-electron chi connectivity index (χ2n) is 4.06. The van der Waals surface area contributed by atoms with Gasteiger partial charge in [-0.05, 0) is 36.3 Å². The predicted molar refractivity (Wildman–Crippen MR) is 69.8 cm³/mol. The summed E-state index contributed by atoms with van der Waals surface area (Å²) >= 11 is 0. The molecule has 1 aromatic heterocycles. The molecule has 0 amide bonds. The average Bonchev–Trinajstić information content (AvgIpc) is 2.76. The highest BCUT2D eigenvalue weighted by Gasteiger charge is 2.06. The topological polar surface area (TPSA) is 22.0 Å². The maximum Gasteiger partial charge on any atom is 0.202 e. The van der Waals surface area contributed by atoms with Gasteiger partial charge < -0.3 is 4.57 Å². The van der Waals surface area contributed by atoms with Crippen molar-refractivity contribution in [2.24, 2.45) is 7.05 Å². The summed E-state index contributed by atoms with van der Waals surface area (Å²) in [5, 5.41) is 0. The van der Waals surface area contributed by atoms with Crippen LogP contribution in [0, 0.1) is 0 Å². The lowest BCUT2D eigenvalue weighted by atomic mass is 10.1. The number of hydrogen-bond donors (Lipinski definition) is 0. The van der Waals surface area contributed by atoms with Crippen LogP contribution in [0.2, 0.25) is 0 Å². The lowest BCUT2D eigenvalue weighted by Gasteiger charge is -2.02. The highest BCUT2D eigenvalue weighted by molar-refractivity contribution is 6.07. The van der Waals surface area contributed by atoms with E-state index in [1.54, 1.807) is 6.08 Å². The molecular formula is C15H15NO. The van der Waals surface area contributed by atoms with Gasteiger partial charge in [0.1, 0.15) is 0 Å². The van der Waals surface area contributed by atoms with Gasteiger partial charge in [-0.15, -0.1) is 0 Å². The standard InChI is InChI=1S/C15H15NO/c1-12(13-7-4-3-5-8-13)11-15(17)14-9-6-10-16(14)2/h3-11H,1-2H3/b12-11-. The Kier molecular flexibility index (Phi) is 3.24. The van der Waals surface area contributed by atoms with Crippen molar-refractivity contribution >= 4 is 11.4 Å². The summed E-state index contributed by atoms with van der Waals surface area (Å²) in [7, 11) is 1.87. The first-order valence-electron chi connectivity index (χ1n) is 5.58. The minimum Gasteiger partial charge on any atom is -0.348 e. The molecule has 0 aliphatic heterocycles. The fraction of sp³-hybridized carbons (Fsp3) is 0.133. The van der Waals surface area contributed by atoms with Crippen molar-refractivity contribution in [3.63, 3.8) is 0 Å². The number of allylic oxidation sites excluding steroid dienone is 2. The van der Waals surface area contributed by atoms with E-state index in [0.717, 1.165) is 11.1 Å². The monoisotopic (exact) mass is 225 g/mol. The van der Waals surface area contributed by atoms with Crippen molar-refractivity contribution in [2.75, 3.05) is 0 Å². The molecule has 0 fully saturated rings. The molecule has 0 spiro atoms. The summed E-state index contributed by atoms with van der Waals surface area (Å²) in [5.74, 6) is 0.0406. The number of rotatable bonds is 3. The zero-order valence-electron chi connectivity index (χ0n) is 10.1. The van der Waals surface area contributed by atoms with Crippen LogP contribution in [0.5, 0.6) is 0 Å². The summed E-state index contributed by atoms with van der Waals surface area (Å²) in [4.78, 5) is 12.0. The quantitative estimate of drug-likeness (QED) is 0.580. The first kappa shape index (κ1) is 11.4. The van der Waals surface area contributed by atoms with Crippen molar-refractivity contribution in [3.8, 4) is 0 Å². The molecule has 0 radical (unpaired) electrons. The Bertz CT molecular complexity index is 549. The molecule has 2 heteroatoms. The molecule has 1 heterocycles. The fourth-order valence-electron chi connectivity index (χ4n) is 1.77. The molecule has 0 bridgehead atoms. The highest BCUT2D eigenvalue weighted by atomic mass is 16.1. The Morgan fingerprint density at radius 3 is 2.41 bits per heavy atom. The van der Waals surface area contributed by atoms with E-state index in [2.05, 4.69) is 0 Å². The van der Waals surface area contributed by atoms with E-state index >= 15 is 0 Å². The van der Waals surface area contributed by atoms with Crippen LogP contribution in [-0.2, 0) is 7.05 Å². The number of aryl methyl sites for hydroxylation is 1. The lowest BCUT2D eigenvalue weighted by molar-refractivity contribution is 0.104. The van der Waals surface area contributed by atoms with Gasteiger partial charge in [-0.1, -0.05) is 30.3 Å². The molecule has 0 saturated carbocycles. The van der Waals surface area contributed by atoms with E-state index in [-0.39, 0.29) is 5.78 Å². The maximum atomic E-state index is 12.0. The molecule has 17 heavy (non-hydrogen) atoms. The van der Waals surface area contributed by atoms with Gasteiger partial charge in [0.2, 0.25) is 5.78 Å². The first-order chi connectivity index (χ1) is 8.18. The molecule has 0 aliphatic carbocycles. The number of nitrogens with zero attached hydrogens (tertiary/aromatic N) is 1. The fourth-order valence-corrected chi connectivity index (χ4v) is 1.77. The van der Waals surface area contributed by atoms with Gasteiger partial charge in [0.15, 0.2) is 0 Å². The Morgan fingerprint density at radius 2 is 1.82 bits per heavy atom. The third-order valence-electron chi connectivity index (χ3n) is 2.77. The van der Waals surface area contributed by atoms with E-state index in [1.165, 1.54) is 0 Å². The summed E-state index contributed by atoms with van der Waals surface area (Å²) in [5.41, 5.74) is 2.77. The van der Waals surface area contributed by atoms with E-state index in [9.17, 15) is 4.79 Å². The molecule has 0 aliphatic rings. The number of aromatic nitrogens is 1. The van der Waals surface area contributed by atoms with E-state index < -0.39 is 0 Å². The zero-order chi connectivity index (χ0) is 12.3. The number of hydrogen-bond acceptors (Lipinski definition) is 1. The van der Waals surface area contributed by atoms with Gasteiger partial charge in [0.25, 0.3) is 0 Å². The van der Waals surface area contributed by atoms with Crippen LogP contribution in [0.1, 0.15) is 23.0 Å². The third kappa shape index (κ3) is 2.53. The van der Waals surface area contributed by atoms with E-state index in [1.807, 2.05) is 67.2 Å². The molecule has 86 valence electrons. The molecular weight excluding hydrogens is 210 g/mol. The SMILES string of the molecule is C/C(=C/C(=O)c1cccn1C)c1ccccc1. The van der Waals surface area contributed by atoms with Crippen LogP contribution in [-0.4, -0.2) is 10.4 Å². The Labute approximate surface area is 101 Å². The summed E-state index contributed by atoms with van der Waals surface area (Å²) in [6, 6.07) is 13.6. The van der Waals surface area contributed by atoms with E-state index in [4.69, 9.17) is 0 Å². The second kappa shape index (κ2) is 4.83. The number of ketones is 1. The minimum atomic E-state index is 0.0406. The van der Waals surface area contributed by atoms with Crippen LogP contribution >= 0.6 is 0 Å². The molecule has 0 N–H and O–H groups in total. The Balaban J connectivity index is 2.26. The minimum absolute atomic E-state index is 0.0406. The molecule has 0 unspecified atom stereocenters. The maximum absolute atomic E-state index is 12.0. The Morgan fingerprint density at radius 1 is 1.12 bits per heavy atom. The normalized spacial score (nSPS) is 11.5. The molecule has 2 rings (SSSR count). The molecule has 0 atom stereocenters. The second-order valence-corrected chi connectivity index (χ2v) is 4.06. The van der Waals surface area contributed by atoms with Gasteiger partial charge in [0, 0.05) is 13.2 Å². The van der Waals surface area contributed by atoms with Gasteiger partial charge in [-0.2, -0.15) is 0 Å². The smallest absolute Gasteiger partial charge is 0.202 e. The van der Waals surface area contributed by atoms with Crippen LogP contribution in [0.25, 0.3) is 5.57 Å². The van der Waals surface area contributed by atoms with Crippen molar-refractivity contribution in [3.05, 3.63) is 66.0 Å². The van der Waals surface area contributed by atoms with Crippen LogP contribution in [0.3, 0.4) is 0 Å².